The molecule has 0 amide bonds. The zero-order valence-electron chi connectivity index (χ0n) is 20.1. The van der Waals surface area contributed by atoms with Crippen molar-refractivity contribution in [3.05, 3.63) is 71.8 Å². The van der Waals surface area contributed by atoms with Gasteiger partial charge in [0.25, 0.3) is 0 Å². The van der Waals surface area contributed by atoms with Crippen LogP contribution in [-0.4, -0.2) is 49.6 Å². The van der Waals surface area contributed by atoms with E-state index in [0.717, 1.165) is 11.1 Å². The van der Waals surface area contributed by atoms with Crippen LogP contribution >= 0.6 is 7.60 Å². The minimum absolute atomic E-state index is 0.163. The smallest absolute Gasteiger partial charge is 0.343 e. The minimum Gasteiger partial charge on any atom is -0.374 e. The van der Waals surface area contributed by atoms with Crippen molar-refractivity contribution in [1.29, 1.82) is 0 Å². The van der Waals surface area contributed by atoms with E-state index in [1.807, 2.05) is 67.6 Å². The summed E-state index contributed by atoms with van der Waals surface area (Å²) in [6.45, 7) is 6.43. The maximum absolute atomic E-state index is 13.8. The predicted octanol–water partition coefficient (Wildman–Crippen LogP) is 5.17. The van der Waals surface area contributed by atoms with Gasteiger partial charge in [0, 0.05) is 0 Å². The molecule has 1 fully saturated rings. The Morgan fingerprint density at radius 3 is 1.91 bits per heavy atom. The lowest BCUT2D eigenvalue weighted by molar-refractivity contribution is -0.178. The van der Waals surface area contributed by atoms with Crippen molar-refractivity contribution in [3.8, 4) is 0 Å². The minimum atomic E-state index is -3.75. The maximum atomic E-state index is 13.8. The molecule has 0 radical (unpaired) electrons. The van der Waals surface area contributed by atoms with Crippen LogP contribution in [0.2, 0.25) is 0 Å². The summed E-state index contributed by atoms with van der Waals surface area (Å²) in [6, 6.07) is 19.4. The molecular formula is C26H35O7P. The predicted molar refractivity (Wildman–Crippen MR) is 130 cm³/mol. The van der Waals surface area contributed by atoms with Gasteiger partial charge in [-0.3, -0.25) is 9.36 Å². The number of rotatable bonds is 13. The third-order valence-electron chi connectivity index (χ3n) is 5.64. The Kier molecular flexibility index (Phi) is 10.5. The highest BCUT2D eigenvalue weighted by molar-refractivity contribution is 7.55. The summed E-state index contributed by atoms with van der Waals surface area (Å²) < 4.78 is 43.0. The summed E-state index contributed by atoms with van der Waals surface area (Å²) >= 11 is 0. The first kappa shape index (κ1) is 26.7. The summed E-state index contributed by atoms with van der Waals surface area (Å²) in [4.78, 5) is 13.8. The van der Waals surface area contributed by atoms with Crippen LogP contribution in [0.3, 0.4) is 0 Å². The van der Waals surface area contributed by atoms with Gasteiger partial charge in [0.2, 0.25) is 0 Å². The second kappa shape index (κ2) is 13.3. The Bertz CT molecular complexity index is 911. The van der Waals surface area contributed by atoms with Gasteiger partial charge in [-0.05, 0) is 31.4 Å². The van der Waals surface area contributed by atoms with Crippen molar-refractivity contribution in [1.82, 2.24) is 0 Å². The fraction of sp³-hybridized carbons (Fsp3) is 0.500. The number of hydrogen-bond acceptors (Lipinski definition) is 7. The van der Waals surface area contributed by atoms with Crippen LogP contribution in [0.25, 0.3) is 0 Å². The molecule has 186 valence electrons. The molecule has 8 heteroatoms. The van der Waals surface area contributed by atoms with E-state index in [-0.39, 0.29) is 32.2 Å². The van der Waals surface area contributed by atoms with Gasteiger partial charge in [-0.15, -0.1) is 0 Å². The zero-order valence-corrected chi connectivity index (χ0v) is 21.0. The van der Waals surface area contributed by atoms with E-state index in [1.165, 1.54) is 0 Å². The molecule has 0 aliphatic carbocycles. The summed E-state index contributed by atoms with van der Waals surface area (Å²) in [7, 11) is -3.75. The van der Waals surface area contributed by atoms with Gasteiger partial charge in [-0.2, -0.15) is 0 Å². The standard InChI is InChI=1S/C26H35O7P/c1-4-22-26(34(28,31-5-2)32-6-3)24(27)25(30-18-21-15-11-8-12-16-21)23(33-22)19-29-17-20-13-9-7-10-14-20/h7-16,22-23,25-26H,4-6,17-19H2,1-3H3/t22-,23-,25-,26-/m1/s1. The Morgan fingerprint density at radius 1 is 0.824 bits per heavy atom. The number of ketones is 1. The van der Waals surface area contributed by atoms with E-state index in [1.54, 1.807) is 13.8 Å². The fourth-order valence-corrected chi connectivity index (χ4v) is 6.35. The van der Waals surface area contributed by atoms with Gasteiger partial charge in [0.1, 0.15) is 17.9 Å². The highest BCUT2D eigenvalue weighted by Crippen LogP contribution is 2.57. The SMILES string of the molecule is CCOP(=O)(OCC)[C@H]1C(=O)[C@H](OCc2ccccc2)[C@@H](COCc2ccccc2)O[C@@H]1CC. The van der Waals surface area contributed by atoms with Crippen molar-refractivity contribution < 1.29 is 32.6 Å². The summed E-state index contributed by atoms with van der Waals surface area (Å²) in [5.74, 6) is -0.326. The molecule has 2 aromatic carbocycles. The summed E-state index contributed by atoms with van der Waals surface area (Å²) in [6.07, 6.45) is -1.75. The lowest BCUT2D eigenvalue weighted by Gasteiger charge is -2.41. The molecule has 0 saturated carbocycles. The first-order valence-electron chi connectivity index (χ1n) is 11.9. The summed E-state index contributed by atoms with van der Waals surface area (Å²) in [5.41, 5.74) is 0.892. The van der Waals surface area contributed by atoms with Crippen molar-refractivity contribution in [3.63, 3.8) is 0 Å². The molecular weight excluding hydrogens is 455 g/mol. The second-order valence-corrected chi connectivity index (χ2v) is 10.2. The molecule has 0 N–H and O–H groups in total. The highest BCUT2D eigenvalue weighted by Gasteiger charge is 2.54. The molecule has 3 rings (SSSR count). The molecule has 0 aromatic heterocycles. The van der Waals surface area contributed by atoms with Gasteiger partial charge < -0.3 is 23.3 Å². The molecule has 0 bridgehead atoms. The van der Waals surface area contributed by atoms with E-state index in [9.17, 15) is 9.36 Å². The van der Waals surface area contributed by atoms with Crippen LogP contribution in [0.5, 0.6) is 0 Å². The largest absolute Gasteiger partial charge is 0.374 e. The van der Waals surface area contributed by atoms with Crippen molar-refractivity contribution in [2.24, 2.45) is 0 Å². The summed E-state index contributed by atoms with van der Waals surface area (Å²) in [5, 5.41) is 0. The average molecular weight is 491 g/mol. The van der Waals surface area contributed by atoms with Crippen LogP contribution in [0.1, 0.15) is 38.3 Å². The van der Waals surface area contributed by atoms with Gasteiger partial charge in [-0.1, -0.05) is 67.6 Å². The van der Waals surface area contributed by atoms with E-state index in [2.05, 4.69) is 0 Å². The van der Waals surface area contributed by atoms with Gasteiger partial charge in [0.05, 0.1) is 39.1 Å². The Morgan fingerprint density at radius 2 is 1.38 bits per heavy atom. The third kappa shape index (κ3) is 6.85. The van der Waals surface area contributed by atoms with Crippen LogP contribution in [0, 0.1) is 0 Å². The van der Waals surface area contributed by atoms with Crippen LogP contribution < -0.4 is 0 Å². The van der Waals surface area contributed by atoms with Gasteiger partial charge in [-0.25, -0.2) is 0 Å². The molecule has 1 aliphatic heterocycles. The molecule has 7 nitrogen and oxygen atoms in total. The normalized spacial score (nSPS) is 23.2. The molecule has 2 aromatic rings. The van der Waals surface area contributed by atoms with Crippen molar-refractivity contribution in [2.45, 2.75) is 64.4 Å². The first-order valence-corrected chi connectivity index (χ1v) is 13.5. The quantitative estimate of drug-likeness (QED) is 0.358. The monoisotopic (exact) mass is 490 g/mol. The van der Waals surface area contributed by atoms with Crippen LogP contribution in [0.4, 0.5) is 0 Å². The number of carbonyl (C=O) groups excluding carboxylic acids is 1. The Hall–Kier alpha value is -1.86. The van der Waals surface area contributed by atoms with Gasteiger partial charge in [0.15, 0.2) is 5.78 Å². The second-order valence-electron chi connectivity index (χ2n) is 8.06. The van der Waals surface area contributed by atoms with E-state index < -0.39 is 31.6 Å². The Balaban J connectivity index is 1.81. The molecule has 1 heterocycles. The first-order chi connectivity index (χ1) is 16.5. The number of ether oxygens (including phenoxy) is 3. The van der Waals surface area contributed by atoms with E-state index in [4.69, 9.17) is 23.3 Å². The molecule has 0 spiro atoms. The molecule has 1 saturated heterocycles. The molecule has 4 atom stereocenters. The fourth-order valence-electron chi connectivity index (χ4n) is 4.09. The zero-order chi connectivity index (χ0) is 24.4. The average Bonchev–Trinajstić information content (AvgIpc) is 2.84. The molecule has 34 heavy (non-hydrogen) atoms. The Labute approximate surface area is 202 Å². The van der Waals surface area contributed by atoms with Crippen LogP contribution in [-0.2, 0) is 45.8 Å². The maximum Gasteiger partial charge on any atom is 0.343 e. The molecule has 1 aliphatic rings. The number of hydrogen-bond donors (Lipinski definition) is 0. The number of carbonyl (C=O) groups is 1. The topological polar surface area (TPSA) is 80.3 Å². The highest BCUT2D eigenvalue weighted by atomic mass is 31.2. The van der Waals surface area contributed by atoms with E-state index >= 15 is 0 Å². The lowest BCUT2D eigenvalue weighted by Crippen LogP contribution is -2.57. The lowest BCUT2D eigenvalue weighted by atomic mass is 9.97. The van der Waals surface area contributed by atoms with Gasteiger partial charge >= 0.3 is 7.60 Å². The third-order valence-corrected chi connectivity index (χ3v) is 8.14. The number of benzene rings is 2. The van der Waals surface area contributed by atoms with Crippen molar-refractivity contribution in [2.75, 3.05) is 19.8 Å². The van der Waals surface area contributed by atoms with Crippen LogP contribution in [0.15, 0.2) is 60.7 Å². The van der Waals surface area contributed by atoms with E-state index in [0.29, 0.717) is 13.0 Å². The van der Waals surface area contributed by atoms with Crippen molar-refractivity contribution >= 4 is 13.4 Å². The number of Topliss-reactive ketones (excluding diaryl/α,β-unsaturated/α-hetero) is 1. The molecule has 0 unspecified atom stereocenters.